The molecule has 8 nitrogen and oxygen atoms in total. The van der Waals surface area contributed by atoms with Crippen LogP contribution in [0.25, 0.3) is 33.1 Å². The van der Waals surface area contributed by atoms with Crippen molar-refractivity contribution in [2.24, 2.45) is 14.1 Å². The summed E-state index contributed by atoms with van der Waals surface area (Å²) in [5, 5.41) is 4.84. The monoisotopic (exact) mass is 396 g/mol. The van der Waals surface area contributed by atoms with Crippen LogP contribution in [0, 0.1) is 5.82 Å². The average Bonchev–Trinajstić information content (AvgIpc) is 3.11. The standard InChI is InChI=1S/C20H21FN6O2/c1-24(2)9-12-10-27-18-15(26(4)20(27)28)7-22-14-5-13(21)16(19(29-12)17(14)18)11-6-23-25(3)8-11/h5-8,12H,9-10H2,1-4H3/t12-/m0/s1. The Morgan fingerprint density at radius 1 is 1.31 bits per heavy atom. The van der Waals surface area contributed by atoms with Gasteiger partial charge in [0.1, 0.15) is 17.7 Å². The van der Waals surface area contributed by atoms with Crippen molar-refractivity contribution in [2.75, 3.05) is 20.6 Å². The van der Waals surface area contributed by atoms with Crippen molar-refractivity contribution in [3.63, 3.8) is 0 Å². The molecule has 0 spiro atoms. The van der Waals surface area contributed by atoms with Gasteiger partial charge in [0.15, 0.2) is 0 Å². The average molecular weight is 396 g/mol. The molecular weight excluding hydrogens is 375 g/mol. The molecule has 0 saturated heterocycles. The molecular formula is C20H21FN6O2. The molecule has 1 aliphatic rings. The summed E-state index contributed by atoms with van der Waals surface area (Å²) in [6.07, 6.45) is 4.65. The molecule has 3 aromatic heterocycles. The molecule has 5 rings (SSSR count). The van der Waals surface area contributed by atoms with E-state index < -0.39 is 5.82 Å². The molecule has 0 saturated carbocycles. The third-order valence-electron chi connectivity index (χ3n) is 5.40. The van der Waals surface area contributed by atoms with Crippen molar-refractivity contribution in [1.82, 2.24) is 28.8 Å². The molecule has 29 heavy (non-hydrogen) atoms. The van der Waals surface area contributed by atoms with Crippen LogP contribution in [0.2, 0.25) is 0 Å². The van der Waals surface area contributed by atoms with Crippen molar-refractivity contribution >= 4 is 21.9 Å². The second-order valence-electron chi connectivity index (χ2n) is 7.81. The van der Waals surface area contributed by atoms with Crippen molar-refractivity contribution in [3.8, 4) is 16.9 Å². The number of hydrogen-bond donors (Lipinski definition) is 0. The summed E-state index contributed by atoms with van der Waals surface area (Å²) < 4.78 is 26.6. The second kappa shape index (κ2) is 6.15. The Kier molecular flexibility index (Phi) is 3.79. The molecule has 1 aliphatic heterocycles. The number of hydrogen-bond acceptors (Lipinski definition) is 5. The van der Waals surface area contributed by atoms with Gasteiger partial charge in [-0.2, -0.15) is 5.10 Å². The Balaban J connectivity index is 1.93. The number of imidazole rings is 1. The van der Waals surface area contributed by atoms with Gasteiger partial charge in [-0.3, -0.25) is 18.8 Å². The molecule has 0 aliphatic carbocycles. The summed E-state index contributed by atoms with van der Waals surface area (Å²) in [7, 11) is 7.39. The SMILES string of the molecule is CN(C)C[C@H]1Cn2c(=O)n(C)c3cnc4cc(F)c(-c5cnn(C)c5)c(c4c32)O1. The first-order valence-electron chi connectivity index (χ1n) is 9.36. The fourth-order valence-corrected chi connectivity index (χ4v) is 4.18. The number of aryl methyl sites for hydroxylation is 2. The van der Waals surface area contributed by atoms with Crippen LogP contribution in [0.3, 0.4) is 0 Å². The lowest BCUT2D eigenvalue weighted by Gasteiger charge is -2.23. The number of halogens is 1. The molecule has 0 bridgehead atoms. The van der Waals surface area contributed by atoms with Crippen molar-refractivity contribution in [2.45, 2.75) is 12.6 Å². The van der Waals surface area contributed by atoms with Gasteiger partial charge in [-0.05, 0) is 14.1 Å². The third-order valence-corrected chi connectivity index (χ3v) is 5.40. The summed E-state index contributed by atoms with van der Waals surface area (Å²) in [5.74, 6) is -0.0162. The summed E-state index contributed by atoms with van der Waals surface area (Å²) in [6.45, 7) is 0.949. The number of aromatic nitrogens is 5. The highest BCUT2D eigenvalue weighted by molar-refractivity contribution is 6.09. The Morgan fingerprint density at radius 2 is 2.10 bits per heavy atom. The molecule has 0 N–H and O–H groups in total. The fourth-order valence-electron chi connectivity index (χ4n) is 4.18. The van der Waals surface area contributed by atoms with E-state index in [0.717, 1.165) is 5.52 Å². The van der Waals surface area contributed by atoms with E-state index in [4.69, 9.17) is 4.74 Å². The normalized spacial score (nSPS) is 16.1. The third kappa shape index (κ3) is 2.57. The van der Waals surface area contributed by atoms with Crippen LogP contribution in [0.5, 0.6) is 5.75 Å². The van der Waals surface area contributed by atoms with Gasteiger partial charge < -0.3 is 9.64 Å². The Bertz CT molecular complexity index is 1330. The quantitative estimate of drug-likeness (QED) is 0.528. The Labute approximate surface area is 165 Å². The van der Waals surface area contributed by atoms with Crippen LogP contribution < -0.4 is 10.4 Å². The first kappa shape index (κ1) is 17.9. The van der Waals surface area contributed by atoms with Crippen molar-refractivity contribution in [1.29, 1.82) is 0 Å². The lowest BCUT2D eigenvalue weighted by molar-refractivity contribution is 0.147. The number of rotatable bonds is 3. The zero-order chi connectivity index (χ0) is 20.4. The highest BCUT2D eigenvalue weighted by atomic mass is 19.1. The number of likely N-dealkylation sites (N-methyl/N-ethyl adjacent to an activating group) is 1. The number of pyridine rings is 1. The number of benzene rings is 1. The Morgan fingerprint density at radius 3 is 2.79 bits per heavy atom. The summed E-state index contributed by atoms with van der Waals surface area (Å²) >= 11 is 0. The van der Waals surface area contributed by atoms with Gasteiger partial charge in [-0.1, -0.05) is 0 Å². The predicted octanol–water partition coefficient (Wildman–Crippen LogP) is 1.75. The molecule has 4 aromatic rings. The first-order chi connectivity index (χ1) is 13.8. The van der Waals surface area contributed by atoms with Gasteiger partial charge >= 0.3 is 5.69 Å². The molecule has 4 heterocycles. The van der Waals surface area contributed by atoms with E-state index >= 15 is 4.39 Å². The largest absolute Gasteiger partial charge is 0.486 e. The summed E-state index contributed by atoms with van der Waals surface area (Å²) in [6, 6.07) is 1.40. The van der Waals surface area contributed by atoms with Crippen LogP contribution >= 0.6 is 0 Å². The zero-order valence-corrected chi connectivity index (χ0v) is 16.7. The molecule has 1 aromatic carbocycles. The molecule has 150 valence electrons. The van der Waals surface area contributed by atoms with Crippen LogP contribution in [0.15, 0.2) is 29.5 Å². The maximum atomic E-state index is 15.2. The van der Waals surface area contributed by atoms with Gasteiger partial charge in [0.25, 0.3) is 0 Å². The highest BCUT2D eigenvalue weighted by Gasteiger charge is 2.30. The lowest BCUT2D eigenvalue weighted by atomic mass is 10.0. The van der Waals surface area contributed by atoms with Gasteiger partial charge in [0.2, 0.25) is 0 Å². The maximum Gasteiger partial charge on any atom is 0.329 e. The predicted molar refractivity (Wildman–Crippen MR) is 108 cm³/mol. The Hall–Kier alpha value is -3.20. The second-order valence-corrected chi connectivity index (χ2v) is 7.81. The molecule has 0 fully saturated rings. The van der Waals surface area contributed by atoms with Crippen LogP contribution in [0.1, 0.15) is 0 Å². The summed E-state index contributed by atoms with van der Waals surface area (Å²) in [4.78, 5) is 19.4. The van der Waals surface area contributed by atoms with Crippen molar-refractivity contribution in [3.05, 3.63) is 41.0 Å². The van der Waals surface area contributed by atoms with Crippen LogP contribution in [0.4, 0.5) is 4.39 Å². The maximum absolute atomic E-state index is 15.2. The minimum absolute atomic E-state index is 0.137. The number of ether oxygens (including phenoxy) is 1. The highest BCUT2D eigenvalue weighted by Crippen LogP contribution is 2.43. The van der Waals surface area contributed by atoms with E-state index in [1.807, 2.05) is 19.0 Å². The molecule has 0 radical (unpaired) electrons. The van der Waals surface area contributed by atoms with E-state index in [2.05, 4.69) is 10.1 Å². The summed E-state index contributed by atoms with van der Waals surface area (Å²) in [5.41, 5.74) is 2.71. The molecule has 1 atom stereocenters. The zero-order valence-electron chi connectivity index (χ0n) is 16.7. The minimum Gasteiger partial charge on any atom is -0.486 e. The van der Waals surface area contributed by atoms with E-state index in [9.17, 15) is 4.79 Å². The van der Waals surface area contributed by atoms with E-state index in [0.29, 0.717) is 46.4 Å². The van der Waals surface area contributed by atoms with E-state index in [1.165, 1.54) is 6.07 Å². The minimum atomic E-state index is -0.428. The van der Waals surface area contributed by atoms with Gasteiger partial charge in [-0.15, -0.1) is 0 Å². The van der Waals surface area contributed by atoms with Crippen LogP contribution in [-0.2, 0) is 20.6 Å². The topological polar surface area (TPSA) is 70.1 Å². The van der Waals surface area contributed by atoms with Gasteiger partial charge in [-0.25, -0.2) is 9.18 Å². The van der Waals surface area contributed by atoms with Crippen LogP contribution in [-0.4, -0.2) is 55.5 Å². The smallest absolute Gasteiger partial charge is 0.329 e. The molecule has 9 heteroatoms. The molecule has 0 unspecified atom stereocenters. The van der Waals surface area contributed by atoms with E-state index in [-0.39, 0.29) is 11.8 Å². The number of nitrogens with zero attached hydrogens (tertiary/aromatic N) is 6. The van der Waals surface area contributed by atoms with E-state index in [1.54, 1.807) is 46.5 Å². The molecule has 0 amide bonds. The fraction of sp³-hybridized carbons (Fsp3) is 0.350. The lowest BCUT2D eigenvalue weighted by Crippen LogP contribution is -2.36. The van der Waals surface area contributed by atoms with Crippen molar-refractivity contribution < 1.29 is 9.13 Å². The van der Waals surface area contributed by atoms with Gasteiger partial charge in [0.05, 0.1) is 46.4 Å². The first-order valence-corrected chi connectivity index (χ1v) is 9.36. The van der Waals surface area contributed by atoms with Gasteiger partial charge in [0, 0.05) is 38.5 Å².